The van der Waals surface area contributed by atoms with E-state index in [-0.39, 0.29) is 5.54 Å². The predicted octanol–water partition coefficient (Wildman–Crippen LogP) is 4.17. The van der Waals surface area contributed by atoms with Gasteiger partial charge in [-0.2, -0.15) is 0 Å². The molecule has 2 rings (SSSR count). The van der Waals surface area contributed by atoms with Gasteiger partial charge in [0, 0.05) is 11.1 Å². The highest BCUT2D eigenvalue weighted by Crippen LogP contribution is 2.33. The second-order valence-electron chi connectivity index (χ2n) is 6.07. The van der Waals surface area contributed by atoms with Crippen molar-refractivity contribution in [2.75, 3.05) is 13.1 Å². The molecule has 112 valence electrons. The summed E-state index contributed by atoms with van der Waals surface area (Å²) in [6.07, 6.45) is 5.98. The van der Waals surface area contributed by atoms with Crippen molar-refractivity contribution in [1.82, 2.24) is 4.90 Å². The Balaban J connectivity index is 2.25. The van der Waals surface area contributed by atoms with Crippen LogP contribution >= 0.6 is 11.6 Å². The van der Waals surface area contributed by atoms with Crippen LogP contribution in [0, 0.1) is 0 Å². The number of nitrogens with two attached hydrogens (primary N) is 1. The topological polar surface area (TPSA) is 29.3 Å². The minimum absolute atomic E-state index is 0.273. The number of unbranched alkanes of at least 4 members (excludes halogenated alkanes) is 1. The zero-order valence-corrected chi connectivity index (χ0v) is 13.5. The van der Waals surface area contributed by atoms with E-state index in [1.165, 1.54) is 37.9 Å². The maximum atomic E-state index is 6.89. The van der Waals surface area contributed by atoms with Crippen LogP contribution in [-0.4, -0.2) is 24.0 Å². The van der Waals surface area contributed by atoms with Crippen LogP contribution < -0.4 is 5.73 Å². The van der Waals surface area contributed by atoms with Crippen LogP contribution in [0.2, 0.25) is 5.02 Å². The maximum Gasteiger partial charge on any atom is 0.0564 e. The molecule has 2 N–H and O–H groups in total. The lowest BCUT2D eigenvalue weighted by atomic mass is 9.79. The molecule has 1 aliphatic heterocycles. The highest BCUT2D eigenvalue weighted by Gasteiger charge is 2.37. The first kappa shape index (κ1) is 15.8. The van der Waals surface area contributed by atoms with Crippen molar-refractivity contribution in [2.45, 2.75) is 57.5 Å². The molecular weight excluding hydrogens is 268 g/mol. The van der Waals surface area contributed by atoms with E-state index in [2.05, 4.69) is 30.9 Å². The highest BCUT2D eigenvalue weighted by molar-refractivity contribution is 6.30. The molecule has 0 radical (unpaired) electrons. The zero-order chi connectivity index (χ0) is 14.6. The van der Waals surface area contributed by atoms with Crippen molar-refractivity contribution in [1.29, 1.82) is 0 Å². The van der Waals surface area contributed by atoms with Crippen molar-refractivity contribution in [3.8, 4) is 0 Å². The molecule has 2 unspecified atom stereocenters. The van der Waals surface area contributed by atoms with Gasteiger partial charge in [-0.1, -0.05) is 43.5 Å². The fraction of sp³-hybridized carbons (Fsp3) is 0.647. The Kier molecular flexibility index (Phi) is 5.48. The van der Waals surface area contributed by atoms with Gasteiger partial charge in [0.05, 0.1) is 5.54 Å². The van der Waals surface area contributed by atoms with Gasteiger partial charge in [0.2, 0.25) is 0 Å². The minimum Gasteiger partial charge on any atom is -0.320 e. The van der Waals surface area contributed by atoms with E-state index in [0.717, 1.165) is 17.9 Å². The zero-order valence-electron chi connectivity index (χ0n) is 12.7. The van der Waals surface area contributed by atoms with Gasteiger partial charge in [0.15, 0.2) is 0 Å². The number of nitrogens with zero attached hydrogens (tertiary/aromatic N) is 1. The summed E-state index contributed by atoms with van der Waals surface area (Å²) in [4.78, 5) is 2.55. The maximum absolute atomic E-state index is 6.89. The summed E-state index contributed by atoms with van der Waals surface area (Å²) < 4.78 is 0. The van der Waals surface area contributed by atoms with Gasteiger partial charge in [-0.25, -0.2) is 0 Å². The van der Waals surface area contributed by atoms with E-state index in [1.807, 2.05) is 12.1 Å². The molecule has 0 saturated carbocycles. The Bertz CT molecular complexity index is 412. The second-order valence-corrected chi connectivity index (χ2v) is 6.51. The molecule has 0 aromatic heterocycles. The lowest BCUT2D eigenvalue weighted by molar-refractivity contribution is 0.149. The lowest BCUT2D eigenvalue weighted by Gasteiger charge is -2.41. The molecule has 2 atom stereocenters. The number of likely N-dealkylation sites (tertiary alicyclic amines) is 1. The Morgan fingerprint density at radius 2 is 1.85 bits per heavy atom. The quantitative estimate of drug-likeness (QED) is 0.853. The Labute approximate surface area is 128 Å². The number of rotatable bonds is 6. The van der Waals surface area contributed by atoms with Crippen molar-refractivity contribution in [3.05, 3.63) is 34.9 Å². The van der Waals surface area contributed by atoms with Crippen LogP contribution in [0.3, 0.4) is 0 Å². The number of hydrogen-bond donors (Lipinski definition) is 1. The molecule has 1 saturated heterocycles. The fourth-order valence-electron chi connectivity index (χ4n) is 3.28. The molecule has 1 aliphatic rings. The van der Waals surface area contributed by atoms with E-state index in [4.69, 9.17) is 17.3 Å². The van der Waals surface area contributed by atoms with Crippen LogP contribution in [0.25, 0.3) is 0 Å². The average molecular weight is 295 g/mol. The van der Waals surface area contributed by atoms with Gasteiger partial charge in [0.25, 0.3) is 0 Å². The van der Waals surface area contributed by atoms with Gasteiger partial charge < -0.3 is 5.73 Å². The molecule has 1 fully saturated rings. The minimum atomic E-state index is -0.273. The van der Waals surface area contributed by atoms with Gasteiger partial charge >= 0.3 is 0 Å². The van der Waals surface area contributed by atoms with Crippen LogP contribution in [0.5, 0.6) is 0 Å². The average Bonchev–Trinajstić information content (AvgIpc) is 2.98. The number of hydrogen-bond acceptors (Lipinski definition) is 2. The molecule has 0 spiro atoms. The Morgan fingerprint density at radius 1 is 1.25 bits per heavy atom. The summed E-state index contributed by atoms with van der Waals surface area (Å²) in [6.45, 7) is 6.87. The van der Waals surface area contributed by atoms with Crippen LogP contribution in [-0.2, 0) is 5.54 Å². The summed E-state index contributed by atoms with van der Waals surface area (Å²) in [6, 6.07) is 8.50. The molecule has 3 heteroatoms. The fourth-order valence-corrected chi connectivity index (χ4v) is 3.40. The van der Waals surface area contributed by atoms with Crippen molar-refractivity contribution >= 4 is 11.6 Å². The summed E-state index contributed by atoms with van der Waals surface area (Å²) in [5.41, 5.74) is 7.84. The smallest absolute Gasteiger partial charge is 0.0564 e. The van der Waals surface area contributed by atoms with Crippen molar-refractivity contribution in [2.24, 2.45) is 5.73 Å². The SMILES string of the molecule is CCCCC(N)(c1ccc(Cl)cc1)C(C)N1CCCC1. The first-order chi connectivity index (χ1) is 9.58. The van der Waals surface area contributed by atoms with Crippen molar-refractivity contribution < 1.29 is 0 Å². The van der Waals surface area contributed by atoms with Crippen LogP contribution in [0.15, 0.2) is 24.3 Å². The van der Waals surface area contributed by atoms with Gasteiger partial charge in [-0.15, -0.1) is 0 Å². The predicted molar refractivity (Wildman–Crippen MR) is 87.1 cm³/mol. The van der Waals surface area contributed by atoms with E-state index in [1.54, 1.807) is 0 Å². The summed E-state index contributed by atoms with van der Waals surface area (Å²) in [5, 5.41) is 0.778. The molecule has 0 aliphatic carbocycles. The van der Waals surface area contributed by atoms with E-state index in [9.17, 15) is 0 Å². The number of benzene rings is 1. The lowest BCUT2D eigenvalue weighted by Crippen LogP contribution is -2.54. The molecule has 0 bridgehead atoms. The largest absolute Gasteiger partial charge is 0.320 e. The van der Waals surface area contributed by atoms with Crippen molar-refractivity contribution in [3.63, 3.8) is 0 Å². The van der Waals surface area contributed by atoms with E-state index in [0.29, 0.717) is 6.04 Å². The molecule has 1 aromatic carbocycles. The van der Waals surface area contributed by atoms with Crippen LogP contribution in [0.1, 0.15) is 51.5 Å². The van der Waals surface area contributed by atoms with E-state index >= 15 is 0 Å². The highest BCUT2D eigenvalue weighted by atomic mass is 35.5. The third-order valence-electron chi connectivity index (χ3n) is 4.76. The first-order valence-electron chi connectivity index (χ1n) is 7.87. The third-order valence-corrected chi connectivity index (χ3v) is 5.01. The monoisotopic (exact) mass is 294 g/mol. The Morgan fingerprint density at radius 3 is 2.40 bits per heavy atom. The first-order valence-corrected chi connectivity index (χ1v) is 8.24. The standard InChI is InChI=1S/C17H27ClN2/c1-3-4-11-17(19,14(2)20-12-5-6-13-20)15-7-9-16(18)10-8-15/h7-10,14H,3-6,11-13,19H2,1-2H3. The summed E-state index contributed by atoms with van der Waals surface area (Å²) in [5.74, 6) is 0. The summed E-state index contributed by atoms with van der Waals surface area (Å²) >= 11 is 6.02. The van der Waals surface area contributed by atoms with Crippen LogP contribution in [0.4, 0.5) is 0 Å². The number of halogens is 1. The molecule has 2 nitrogen and oxygen atoms in total. The third kappa shape index (κ3) is 3.36. The molecule has 1 aromatic rings. The molecule has 20 heavy (non-hydrogen) atoms. The molecule has 1 heterocycles. The molecule has 0 amide bonds. The van der Waals surface area contributed by atoms with Gasteiger partial charge in [-0.05, 0) is 57.0 Å². The normalized spacial score (nSPS) is 20.8. The second kappa shape index (κ2) is 6.93. The van der Waals surface area contributed by atoms with Gasteiger partial charge in [0.1, 0.15) is 0 Å². The molecular formula is C17H27ClN2. The van der Waals surface area contributed by atoms with E-state index < -0.39 is 0 Å². The Hall–Kier alpha value is -0.570. The van der Waals surface area contributed by atoms with Gasteiger partial charge in [-0.3, -0.25) is 4.90 Å². The summed E-state index contributed by atoms with van der Waals surface area (Å²) in [7, 11) is 0.